The summed E-state index contributed by atoms with van der Waals surface area (Å²) in [5, 5.41) is -0.0833. The second kappa shape index (κ2) is 3.02. The van der Waals surface area contributed by atoms with Crippen molar-refractivity contribution >= 4 is 11.3 Å². The molecule has 12 heavy (non-hydrogen) atoms. The van der Waals surface area contributed by atoms with E-state index in [-0.39, 0.29) is 5.01 Å². The fourth-order valence-electron chi connectivity index (χ4n) is 0.656. The Labute approximate surface area is 71.2 Å². The number of hydrogen-bond acceptors (Lipinski definition) is 3. The minimum atomic E-state index is -4.40. The van der Waals surface area contributed by atoms with E-state index in [2.05, 4.69) is 4.98 Å². The molecule has 0 saturated carbocycles. The van der Waals surface area contributed by atoms with Crippen LogP contribution in [0.5, 0.6) is 0 Å². The van der Waals surface area contributed by atoms with Crippen molar-refractivity contribution in [1.29, 1.82) is 0 Å². The van der Waals surface area contributed by atoms with Gasteiger partial charge in [-0.25, -0.2) is 4.98 Å². The number of nitrogens with two attached hydrogens (primary N) is 1. The van der Waals surface area contributed by atoms with Crippen LogP contribution in [0.3, 0.4) is 0 Å². The third-order valence-electron chi connectivity index (χ3n) is 1.26. The van der Waals surface area contributed by atoms with Gasteiger partial charge in [0.15, 0.2) is 6.04 Å². The molecular weight excluding hydrogens is 189 g/mol. The zero-order valence-electron chi connectivity index (χ0n) is 6.22. The van der Waals surface area contributed by atoms with Crippen molar-refractivity contribution in [2.45, 2.75) is 19.1 Å². The SMILES string of the molecule is Cc1cnc(C(N)C(F)(F)F)s1. The normalized spacial score (nSPS) is 14.8. The van der Waals surface area contributed by atoms with Crippen LogP contribution < -0.4 is 5.73 Å². The Morgan fingerprint density at radius 1 is 1.58 bits per heavy atom. The third kappa shape index (κ3) is 1.95. The zero-order valence-corrected chi connectivity index (χ0v) is 7.04. The number of rotatable bonds is 1. The van der Waals surface area contributed by atoms with Gasteiger partial charge in [-0.1, -0.05) is 0 Å². The second-order valence-corrected chi connectivity index (χ2v) is 3.59. The van der Waals surface area contributed by atoms with E-state index in [1.807, 2.05) is 0 Å². The van der Waals surface area contributed by atoms with Crippen molar-refractivity contribution < 1.29 is 13.2 Å². The molecule has 2 nitrogen and oxygen atoms in total. The van der Waals surface area contributed by atoms with Gasteiger partial charge in [0.05, 0.1) is 0 Å². The standard InChI is InChI=1S/C6H7F3N2S/c1-3-2-11-5(12-3)4(10)6(7,8)9/h2,4H,10H2,1H3. The number of hydrogen-bond donors (Lipinski definition) is 1. The van der Waals surface area contributed by atoms with Gasteiger partial charge in [0, 0.05) is 11.1 Å². The Kier molecular flexibility index (Phi) is 2.39. The van der Waals surface area contributed by atoms with Crippen molar-refractivity contribution in [1.82, 2.24) is 4.98 Å². The number of aryl methyl sites for hydroxylation is 1. The monoisotopic (exact) mass is 196 g/mol. The number of thiazole rings is 1. The van der Waals surface area contributed by atoms with Gasteiger partial charge in [-0.15, -0.1) is 11.3 Å². The van der Waals surface area contributed by atoms with Gasteiger partial charge in [-0.05, 0) is 6.92 Å². The van der Waals surface area contributed by atoms with E-state index in [4.69, 9.17) is 5.73 Å². The molecule has 1 heterocycles. The van der Waals surface area contributed by atoms with Crippen LogP contribution in [-0.2, 0) is 0 Å². The highest BCUT2D eigenvalue weighted by Crippen LogP contribution is 2.32. The topological polar surface area (TPSA) is 38.9 Å². The minimum Gasteiger partial charge on any atom is -0.314 e. The minimum absolute atomic E-state index is 0.0833. The summed E-state index contributed by atoms with van der Waals surface area (Å²) >= 11 is 0.967. The van der Waals surface area contributed by atoms with Crippen molar-refractivity contribution in [3.05, 3.63) is 16.1 Å². The van der Waals surface area contributed by atoms with E-state index < -0.39 is 12.2 Å². The average Bonchev–Trinajstić information content (AvgIpc) is 2.32. The van der Waals surface area contributed by atoms with E-state index in [0.29, 0.717) is 0 Å². The van der Waals surface area contributed by atoms with Gasteiger partial charge < -0.3 is 5.73 Å². The fraction of sp³-hybridized carbons (Fsp3) is 0.500. The molecular formula is C6H7F3N2S. The molecule has 1 unspecified atom stereocenters. The molecule has 1 atom stereocenters. The first kappa shape index (κ1) is 9.47. The fourth-order valence-corrected chi connectivity index (χ4v) is 1.46. The lowest BCUT2D eigenvalue weighted by molar-refractivity contribution is -0.149. The molecule has 0 bridgehead atoms. The van der Waals surface area contributed by atoms with Gasteiger partial charge >= 0.3 is 6.18 Å². The third-order valence-corrected chi connectivity index (χ3v) is 2.25. The molecule has 0 spiro atoms. The molecule has 0 aliphatic carbocycles. The van der Waals surface area contributed by atoms with Gasteiger partial charge in [-0.2, -0.15) is 13.2 Å². The highest BCUT2D eigenvalue weighted by Gasteiger charge is 2.39. The van der Waals surface area contributed by atoms with Crippen molar-refractivity contribution in [3.8, 4) is 0 Å². The first-order chi connectivity index (χ1) is 5.41. The summed E-state index contributed by atoms with van der Waals surface area (Å²) in [5.41, 5.74) is 4.91. The van der Waals surface area contributed by atoms with Crippen molar-refractivity contribution in [2.75, 3.05) is 0 Å². The van der Waals surface area contributed by atoms with E-state index >= 15 is 0 Å². The molecule has 0 aliphatic heterocycles. The Hall–Kier alpha value is -0.620. The molecule has 1 aromatic heterocycles. The maximum Gasteiger partial charge on any atom is 0.410 e. The lowest BCUT2D eigenvalue weighted by Crippen LogP contribution is -2.28. The summed E-state index contributed by atoms with van der Waals surface area (Å²) in [6.45, 7) is 1.68. The Morgan fingerprint density at radius 2 is 2.17 bits per heavy atom. The van der Waals surface area contributed by atoms with Crippen molar-refractivity contribution in [2.24, 2.45) is 5.73 Å². The Bertz CT molecular complexity index is 268. The maximum atomic E-state index is 12.0. The molecule has 2 N–H and O–H groups in total. The molecule has 68 valence electrons. The molecule has 0 fully saturated rings. The molecule has 0 saturated heterocycles. The van der Waals surface area contributed by atoms with Gasteiger partial charge in [0.2, 0.25) is 0 Å². The van der Waals surface area contributed by atoms with Crippen LogP contribution in [0.1, 0.15) is 15.9 Å². The predicted octanol–water partition coefficient (Wildman–Crippen LogP) is 2.01. The summed E-state index contributed by atoms with van der Waals surface area (Å²) in [6.07, 6.45) is -3.02. The van der Waals surface area contributed by atoms with Crippen LogP contribution in [0.2, 0.25) is 0 Å². The second-order valence-electron chi connectivity index (χ2n) is 2.33. The van der Waals surface area contributed by atoms with Crippen LogP contribution in [0.25, 0.3) is 0 Å². The zero-order chi connectivity index (χ0) is 9.35. The quantitative estimate of drug-likeness (QED) is 0.746. The Balaban J connectivity index is 2.85. The molecule has 1 rings (SSSR count). The first-order valence-corrected chi connectivity index (χ1v) is 3.97. The smallest absolute Gasteiger partial charge is 0.314 e. The van der Waals surface area contributed by atoms with E-state index in [1.165, 1.54) is 6.20 Å². The highest BCUT2D eigenvalue weighted by atomic mass is 32.1. The van der Waals surface area contributed by atoms with Crippen LogP contribution in [0, 0.1) is 6.92 Å². The molecule has 0 radical (unpaired) electrons. The number of alkyl halides is 3. The summed E-state index contributed by atoms with van der Waals surface area (Å²) in [6, 6.07) is -1.95. The summed E-state index contributed by atoms with van der Waals surface area (Å²) in [4.78, 5) is 4.28. The largest absolute Gasteiger partial charge is 0.410 e. The summed E-state index contributed by atoms with van der Waals surface area (Å²) < 4.78 is 36.0. The lowest BCUT2D eigenvalue weighted by Gasteiger charge is -2.11. The number of aromatic nitrogens is 1. The first-order valence-electron chi connectivity index (χ1n) is 3.16. The summed E-state index contributed by atoms with van der Waals surface area (Å²) in [7, 11) is 0. The maximum absolute atomic E-state index is 12.0. The Morgan fingerprint density at radius 3 is 2.50 bits per heavy atom. The molecule has 0 aromatic carbocycles. The van der Waals surface area contributed by atoms with E-state index in [1.54, 1.807) is 6.92 Å². The highest BCUT2D eigenvalue weighted by molar-refractivity contribution is 7.11. The lowest BCUT2D eigenvalue weighted by atomic mass is 10.3. The number of nitrogens with zero attached hydrogens (tertiary/aromatic N) is 1. The van der Waals surface area contributed by atoms with Crippen LogP contribution >= 0.6 is 11.3 Å². The molecule has 0 amide bonds. The van der Waals surface area contributed by atoms with Crippen molar-refractivity contribution in [3.63, 3.8) is 0 Å². The van der Waals surface area contributed by atoms with E-state index in [9.17, 15) is 13.2 Å². The van der Waals surface area contributed by atoms with Crippen LogP contribution in [0.4, 0.5) is 13.2 Å². The molecule has 0 aliphatic rings. The van der Waals surface area contributed by atoms with Gasteiger partial charge in [-0.3, -0.25) is 0 Å². The average molecular weight is 196 g/mol. The van der Waals surface area contributed by atoms with Crippen LogP contribution in [0.15, 0.2) is 6.20 Å². The van der Waals surface area contributed by atoms with Gasteiger partial charge in [0.25, 0.3) is 0 Å². The molecule has 6 heteroatoms. The predicted molar refractivity (Wildman–Crippen MR) is 39.8 cm³/mol. The number of halogens is 3. The van der Waals surface area contributed by atoms with Gasteiger partial charge in [0.1, 0.15) is 5.01 Å². The summed E-state index contributed by atoms with van der Waals surface area (Å²) in [5.74, 6) is 0. The van der Waals surface area contributed by atoms with Crippen LogP contribution in [-0.4, -0.2) is 11.2 Å². The molecule has 1 aromatic rings. The van der Waals surface area contributed by atoms with E-state index in [0.717, 1.165) is 16.2 Å².